The van der Waals surface area contributed by atoms with Crippen molar-refractivity contribution in [3.63, 3.8) is 0 Å². The Hall–Kier alpha value is -2.24. The van der Waals surface area contributed by atoms with Gasteiger partial charge in [0, 0.05) is 0 Å². The minimum atomic E-state index is -0.957. The fourth-order valence-electron chi connectivity index (χ4n) is 1.14. The van der Waals surface area contributed by atoms with Gasteiger partial charge in [0.1, 0.15) is 11.6 Å². The van der Waals surface area contributed by atoms with E-state index in [0.29, 0.717) is 5.82 Å². The minimum absolute atomic E-state index is 0.000860. The van der Waals surface area contributed by atoms with Crippen molar-refractivity contribution in [2.24, 2.45) is 0 Å². The van der Waals surface area contributed by atoms with Crippen molar-refractivity contribution >= 4 is 17.3 Å². The monoisotopic (exact) mass is 222 g/mol. The quantitative estimate of drug-likeness (QED) is 0.816. The molecule has 0 amide bonds. The van der Waals surface area contributed by atoms with Gasteiger partial charge in [-0.05, 0) is 12.1 Å². The Bertz CT molecular complexity index is 499. The lowest BCUT2D eigenvalue weighted by Gasteiger charge is -2.06. The van der Waals surface area contributed by atoms with Crippen LogP contribution in [0.25, 0.3) is 0 Å². The van der Waals surface area contributed by atoms with Gasteiger partial charge in [-0.1, -0.05) is 6.07 Å². The maximum Gasteiger partial charge on any atom is 0.182 e. The van der Waals surface area contributed by atoms with E-state index in [9.17, 15) is 8.78 Å². The van der Waals surface area contributed by atoms with Gasteiger partial charge in [0.15, 0.2) is 11.6 Å². The zero-order valence-electron chi connectivity index (χ0n) is 8.11. The topological polar surface area (TPSA) is 63.8 Å². The third-order valence-corrected chi connectivity index (χ3v) is 1.89. The highest BCUT2D eigenvalue weighted by molar-refractivity contribution is 5.56. The standard InChI is InChI=1S/C10H8F2N4/c11-6-2-1-3-7(10(6)12)16-9-5-14-8(13)4-15-9/h1-5H,(H2,13,14)(H,15,16). The van der Waals surface area contributed by atoms with E-state index in [1.165, 1.54) is 24.5 Å². The second-order valence-corrected chi connectivity index (χ2v) is 3.05. The smallest absolute Gasteiger partial charge is 0.182 e. The van der Waals surface area contributed by atoms with Crippen LogP contribution in [0, 0.1) is 11.6 Å². The average Bonchev–Trinajstić information content (AvgIpc) is 2.28. The number of hydrogen-bond acceptors (Lipinski definition) is 4. The van der Waals surface area contributed by atoms with E-state index in [4.69, 9.17) is 5.73 Å². The molecule has 0 saturated heterocycles. The summed E-state index contributed by atoms with van der Waals surface area (Å²) in [5.74, 6) is -1.33. The van der Waals surface area contributed by atoms with Crippen LogP contribution in [-0.2, 0) is 0 Å². The Kier molecular flexibility index (Phi) is 2.63. The first-order valence-corrected chi connectivity index (χ1v) is 4.45. The highest BCUT2D eigenvalue weighted by Gasteiger charge is 2.07. The summed E-state index contributed by atoms with van der Waals surface area (Å²) in [6, 6.07) is 3.83. The zero-order chi connectivity index (χ0) is 11.5. The summed E-state index contributed by atoms with van der Waals surface area (Å²) in [5.41, 5.74) is 5.34. The highest BCUT2D eigenvalue weighted by Crippen LogP contribution is 2.19. The molecule has 0 aliphatic carbocycles. The SMILES string of the molecule is Nc1cnc(Nc2cccc(F)c2F)cn1. The van der Waals surface area contributed by atoms with E-state index in [-0.39, 0.29) is 11.5 Å². The molecule has 0 spiro atoms. The van der Waals surface area contributed by atoms with Gasteiger partial charge >= 0.3 is 0 Å². The minimum Gasteiger partial charge on any atom is -0.382 e. The molecule has 2 aromatic rings. The third kappa shape index (κ3) is 2.05. The van der Waals surface area contributed by atoms with Crippen molar-refractivity contribution in [1.82, 2.24) is 9.97 Å². The van der Waals surface area contributed by atoms with E-state index >= 15 is 0 Å². The predicted octanol–water partition coefficient (Wildman–Crippen LogP) is 2.08. The van der Waals surface area contributed by atoms with E-state index in [1.807, 2.05) is 0 Å². The summed E-state index contributed by atoms with van der Waals surface area (Å²) >= 11 is 0. The molecule has 0 saturated carbocycles. The van der Waals surface area contributed by atoms with Crippen LogP contribution in [0.5, 0.6) is 0 Å². The molecule has 82 valence electrons. The second-order valence-electron chi connectivity index (χ2n) is 3.05. The maximum atomic E-state index is 13.3. The van der Waals surface area contributed by atoms with Crippen LogP contribution >= 0.6 is 0 Å². The van der Waals surface area contributed by atoms with E-state index in [2.05, 4.69) is 15.3 Å². The first-order valence-electron chi connectivity index (χ1n) is 4.45. The summed E-state index contributed by atoms with van der Waals surface area (Å²) in [4.78, 5) is 7.62. The van der Waals surface area contributed by atoms with Gasteiger partial charge in [0.25, 0.3) is 0 Å². The molecule has 0 radical (unpaired) electrons. The molecular formula is C10H8F2N4. The molecule has 4 nitrogen and oxygen atoms in total. The molecule has 0 bridgehead atoms. The van der Waals surface area contributed by atoms with Crippen LogP contribution in [-0.4, -0.2) is 9.97 Å². The summed E-state index contributed by atoms with van der Waals surface area (Å²) in [6.07, 6.45) is 2.65. The lowest BCUT2D eigenvalue weighted by atomic mass is 10.3. The van der Waals surface area contributed by atoms with Gasteiger partial charge in [0.05, 0.1) is 18.1 Å². The fourth-order valence-corrected chi connectivity index (χ4v) is 1.14. The van der Waals surface area contributed by atoms with Crippen LogP contribution in [0.4, 0.5) is 26.1 Å². The predicted molar refractivity (Wildman–Crippen MR) is 56.1 cm³/mol. The van der Waals surface area contributed by atoms with Crippen LogP contribution in [0.15, 0.2) is 30.6 Å². The van der Waals surface area contributed by atoms with Gasteiger partial charge in [-0.3, -0.25) is 0 Å². The number of nitrogens with zero attached hydrogens (tertiary/aromatic N) is 2. The summed E-state index contributed by atoms with van der Waals surface area (Å²) < 4.78 is 26.1. The number of nitrogens with one attached hydrogen (secondary N) is 1. The van der Waals surface area contributed by atoms with E-state index in [0.717, 1.165) is 6.07 Å². The molecule has 0 aliphatic rings. The number of anilines is 3. The lowest BCUT2D eigenvalue weighted by molar-refractivity contribution is 0.511. The first-order chi connectivity index (χ1) is 7.66. The van der Waals surface area contributed by atoms with Crippen molar-refractivity contribution in [2.75, 3.05) is 11.1 Å². The van der Waals surface area contributed by atoms with Crippen LogP contribution in [0.2, 0.25) is 0 Å². The largest absolute Gasteiger partial charge is 0.382 e. The molecule has 16 heavy (non-hydrogen) atoms. The summed E-state index contributed by atoms with van der Waals surface area (Å²) in [6.45, 7) is 0. The molecule has 1 aromatic heterocycles. The summed E-state index contributed by atoms with van der Waals surface area (Å²) in [5, 5.41) is 2.60. The molecule has 1 heterocycles. The number of benzene rings is 1. The van der Waals surface area contributed by atoms with E-state index < -0.39 is 11.6 Å². The van der Waals surface area contributed by atoms with Gasteiger partial charge < -0.3 is 11.1 Å². The van der Waals surface area contributed by atoms with Crippen molar-refractivity contribution in [3.8, 4) is 0 Å². The molecule has 0 atom stereocenters. The van der Waals surface area contributed by atoms with Crippen molar-refractivity contribution in [2.45, 2.75) is 0 Å². The Balaban J connectivity index is 2.27. The lowest BCUT2D eigenvalue weighted by Crippen LogP contribution is -1.99. The van der Waals surface area contributed by atoms with E-state index in [1.54, 1.807) is 0 Å². The molecule has 6 heteroatoms. The molecule has 0 fully saturated rings. The van der Waals surface area contributed by atoms with Gasteiger partial charge in [0.2, 0.25) is 0 Å². The van der Waals surface area contributed by atoms with Crippen LogP contribution < -0.4 is 11.1 Å². The molecule has 0 unspecified atom stereocenters. The maximum absolute atomic E-state index is 13.3. The normalized spacial score (nSPS) is 10.1. The Labute approximate surface area is 90.1 Å². The highest BCUT2D eigenvalue weighted by atomic mass is 19.2. The number of nitrogens with two attached hydrogens (primary N) is 1. The second kappa shape index (κ2) is 4.09. The Morgan fingerprint density at radius 2 is 1.94 bits per heavy atom. The Morgan fingerprint density at radius 1 is 1.12 bits per heavy atom. The molecule has 2 rings (SSSR count). The number of aromatic nitrogens is 2. The van der Waals surface area contributed by atoms with Crippen molar-refractivity contribution < 1.29 is 8.78 Å². The molecular weight excluding hydrogens is 214 g/mol. The first kappa shape index (κ1) is 10.3. The third-order valence-electron chi connectivity index (χ3n) is 1.89. The van der Waals surface area contributed by atoms with Crippen molar-refractivity contribution in [1.29, 1.82) is 0 Å². The fraction of sp³-hybridized carbons (Fsp3) is 0. The number of nitrogen functional groups attached to an aromatic ring is 1. The molecule has 1 aromatic carbocycles. The van der Waals surface area contributed by atoms with Gasteiger partial charge in [-0.2, -0.15) is 0 Å². The Morgan fingerprint density at radius 3 is 2.62 bits per heavy atom. The molecule has 3 N–H and O–H groups in total. The number of halogens is 2. The molecule has 0 aliphatic heterocycles. The van der Waals surface area contributed by atoms with Crippen LogP contribution in [0.3, 0.4) is 0 Å². The van der Waals surface area contributed by atoms with Gasteiger partial charge in [-0.15, -0.1) is 0 Å². The van der Waals surface area contributed by atoms with Crippen molar-refractivity contribution in [3.05, 3.63) is 42.2 Å². The number of hydrogen-bond donors (Lipinski definition) is 2. The zero-order valence-corrected chi connectivity index (χ0v) is 8.11. The number of rotatable bonds is 2. The summed E-state index contributed by atoms with van der Waals surface area (Å²) in [7, 11) is 0. The van der Waals surface area contributed by atoms with Crippen LogP contribution in [0.1, 0.15) is 0 Å². The average molecular weight is 222 g/mol. The van der Waals surface area contributed by atoms with Gasteiger partial charge in [-0.25, -0.2) is 18.7 Å².